The lowest BCUT2D eigenvalue weighted by Gasteiger charge is -2.21. The summed E-state index contributed by atoms with van der Waals surface area (Å²) < 4.78 is 0. The first-order chi connectivity index (χ1) is 12.1. The van der Waals surface area contributed by atoms with E-state index in [0.717, 1.165) is 24.6 Å². The number of carbonyl (C=O) groups is 1. The van der Waals surface area contributed by atoms with E-state index in [1.165, 1.54) is 37.6 Å². The van der Waals surface area contributed by atoms with Crippen LogP contribution >= 0.6 is 0 Å². The average molecular weight is 338 g/mol. The third-order valence-electron chi connectivity index (χ3n) is 4.65. The molecule has 0 aliphatic carbocycles. The van der Waals surface area contributed by atoms with Gasteiger partial charge in [0.1, 0.15) is 17.8 Å². The van der Waals surface area contributed by atoms with Crippen molar-refractivity contribution in [2.75, 3.05) is 23.3 Å². The Hall–Kier alpha value is -2.43. The molecule has 132 valence electrons. The van der Waals surface area contributed by atoms with E-state index in [-0.39, 0.29) is 5.91 Å². The number of hydrogen-bond acceptors (Lipinski definition) is 4. The summed E-state index contributed by atoms with van der Waals surface area (Å²) in [6, 6.07) is 9.75. The summed E-state index contributed by atoms with van der Waals surface area (Å²) in [6.45, 7) is 6.29. The van der Waals surface area contributed by atoms with Gasteiger partial charge in [-0.05, 0) is 36.5 Å². The minimum atomic E-state index is -0.198. The number of anilines is 2. The zero-order valence-corrected chi connectivity index (χ0v) is 15.0. The number of amides is 1. The Kier molecular flexibility index (Phi) is 5.64. The van der Waals surface area contributed by atoms with Gasteiger partial charge in [-0.2, -0.15) is 0 Å². The number of nitrogens with one attached hydrogen (secondary N) is 1. The number of benzene rings is 1. The van der Waals surface area contributed by atoms with Gasteiger partial charge in [-0.15, -0.1) is 0 Å². The average Bonchev–Trinajstić information content (AvgIpc) is 2.92. The molecule has 2 aromatic rings. The van der Waals surface area contributed by atoms with Gasteiger partial charge in [0.2, 0.25) is 0 Å². The highest BCUT2D eigenvalue weighted by Gasteiger charge is 2.15. The van der Waals surface area contributed by atoms with Crippen molar-refractivity contribution in [1.82, 2.24) is 9.97 Å². The van der Waals surface area contributed by atoms with Crippen LogP contribution in [0.3, 0.4) is 0 Å². The van der Waals surface area contributed by atoms with Gasteiger partial charge in [0.15, 0.2) is 0 Å². The number of rotatable bonds is 4. The van der Waals surface area contributed by atoms with E-state index in [2.05, 4.69) is 34.0 Å². The maximum atomic E-state index is 12.5. The lowest BCUT2D eigenvalue weighted by Crippen LogP contribution is -2.25. The van der Waals surface area contributed by atoms with E-state index >= 15 is 0 Å². The number of aromatic nitrogens is 2. The SMILES string of the molecule is CC(C)c1ccc(NC(=O)c2cc(N3CCCCCC3)ncn2)cc1. The van der Waals surface area contributed by atoms with E-state index in [4.69, 9.17) is 0 Å². The standard InChI is InChI=1S/C20H26N4O/c1-15(2)16-7-9-17(10-8-16)23-20(25)18-13-19(22-14-21-18)24-11-5-3-4-6-12-24/h7-10,13-15H,3-6,11-12H2,1-2H3,(H,23,25). The fourth-order valence-corrected chi connectivity index (χ4v) is 3.09. The van der Waals surface area contributed by atoms with E-state index in [9.17, 15) is 4.79 Å². The second-order valence-electron chi connectivity index (χ2n) is 6.89. The van der Waals surface area contributed by atoms with E-state index in [0.29, 0.717) is 11.6 Å². The molecule has 1 aliphatic heterocycles. The number of nitrogens with zero attached hydrogens (tertiary/aromatic N) is 3. The smallest absolute Gasteiger partial charge is 0.274 e. The van der Waals surface area contributed by atoms with Crippen molar-refractivity contribution >= 4 is 17.4 Å². The highest BCUT2D eigenvalue weighted by atomic mass is 16.1. The van der Waals surface area contributed by atoms with Crippen molar-refractivity contribution in [2.45, 2.75) is 45.4 Å². The van der Waals surface area contributed by atoms with Gasteiger partial charge in [0, 0.05) is 24.8 Å². The van der Waals surface area contributed by atoms with Crippen LogP contribution in [-0.4, -0.2) is 29.0 Å². The van der Waals surface area contributed by atoms with Crippen molar-refractivity contribution < 1.29 is 4.79 Å². The molecule has 2 heterocycles. The second-order valence-corrected chi connectivity index (χ2v) is 6.89. The molecule has 1 aromatic heterocycles. The normalized spacial score (nSPS) is 15.1. The molecule has 1 amide bonds. The largest absolute Gasteiger partial charge is 0.357 e. The molecule has 0 saturated carbocycles. The first kappa shape index (κ1) is 17.4. The quantitative estimate of drug-likeness (QED) is 0.906. The van der Waals surface area contributed by atoms with Crippen LogP contribution in [0.25, 0.3) is 0 Å². The molecule has 0 radical (unpaired) electrons. The number of carbonyl (C=O) groups excluding carboxylic acids is 1. The Morgan fingerprint density at radius 1 is 1.04 bits per heavy atom. The molecule has 0 spiro atoms. The van der Waals surface area contributed by atoms with Crippen molar-refractivity contribution in [3.63, 3.8) is 0 Å². The van der Waals surface area contributed by atoms with Gasteiger partial charge in [0.05, 0.1) is 0 Å². The van der Waals surface area contributed by atoms with Crippen LogP contribution < -0.4 is 10.2 Å². The Bertz CT molecular complexity index is 704. The van der Waals surface area contributed by atoms with Crippen molar-refractivity contribution in [3.8, 4) is 0 Å². The molecular formula is C20H26N4O. The highest BCUT2D eigenvalue weighted by Crippen LogP contribution is 2.19. The monoisotopic (exact) mass is 338 g/mol. The van der Waals surface area contributed by atoms with Crippen molar-refractivity contribution in [3.05, 3.63) is 47.9 Å². The summed E-state index contributed by atoms with van der Waals surface area (Å²) >= 11 is 0. The van der Waals surface area contributed by atoms with Gasteiger partial charge in [0.25, 0.3) is 5.91 Å². The maximum Gasteiger partial charge on any atom is 0.274 e. The molecule has 1 fully saturated rings. The van der Waals surface area contributed by atoms with Gasteiger partial charge in [-0.3, -0.25) is 4.79 Å². The van der Waals surface area contributed by atoms with Crippen LogP contribution in [-0.2, 0) is 0 Å². The first-order valence-electron chi connectivity index (χ1n) is 9.12. The zero-order chi connectivity index (χ0) is 17.6. The Labute approximate surface area is 149 Å². The third kappa shape index (κ3) is 4.56. The maximum absolute atomic E-state index is 12.5. The van der Waals surface area contributed by atoms with Crippen LogP contribution in [0.4, 0.5) is 11.5 Å². The van der Waals surface area contributed by atoms with Crippen LogP contribution in [0, 0.1) is 0 Å². The fourth-order valence-electron chi connectivity index (χ4n) is 3.09. The molecule has 1 N–H and O–H groups in total. The lowest BCUT2D eigenvalue weighted by atomic mass is 10.0. The summed E-state index contributed by atoms with van der Waals surface area (Å²) in [6.07, 6.45) is 6.36. The summed E-state index contributed by atoms with van der Waals surface area (Å²) in [7, 11) is 0. The van der Waals surface area contributed by atoms with Crippen LogP contribution in [0.15, 0.2) is 36.7 Å². The summed E-state index contributed by atoms with van der Waals surface area (Å²) in [5.74, 6) is 1.12. The fraction of sp³-hybridized carbons (Fsp3) is 0.450. The molecule has 1 saturated heterocycles. The molecule has 0 bridgehead atoms. The summed E-state index contributed by atoms with van der Waals surface area (Å²) in [5.41, 5.74) is 2.44. The van der Waals surface area contributed by atoms with Crippen LogP contribution in [0.2, 0.25) is 0 Å². The van der Waals surface area contributed by atoms with Gasteiger partial charge < -0.3 is 10.2 Å². The van der Waals surface area contributed by atoms with E-state index in [1.807, 2.05) is 24.3 Å². The van der Waals surface area contributed by atoms with Crippen molar-refractivity contribution in [1.29, 1.82) is 0 Å². The predicted molar refractivity (Wildman–Crippen MR) is 101 cm³/mol. The topological polar surface area (TPSA) is 58.1 Å². The van der Waals surface area contributed by atoms with Gasteiger partial charge >= 0.3 is 0 Å². The van der Waals surface area contributed by atoms with E-state index in [1.54, 1.807) is 6.07 Å². The van der Waals surface area contributed by atoms with E-state index < -0.39 is 0 Å². The Morgan fingerprint density at radius 2 is 1.72 bits per heavy atom. The minimum absolute atomic E-state index is 0.198. The number of hydrogen-bond donors (Lipinski definition) is 1. The second kappa shape index (κ2) is 8.10. The molecule has 5 heteroatoms. The summed E-state index contributed by atoms with van der Waals surface area (Å²) in [5, 5.41) is 2.92. The Morgan fingerprint density at radius 3 is 2.36 bits per heavy atom. The molecule has 3 rings (SSSR count). The first-order valence-corrected chi connectivity index (χ1v) is 9.12. The van der Waals surface area contributed by atoms with Gasteiger partial charge in [-0.25, -0.2) is 9.97 Å². The summed E-state index contributed by atoms with van der Waals surface area (Å²) in [4.78, 5) is 23.3. The molecule has 0 atom stereocenters. The van der Waals surface area contributed by atoms with Crippen molar-refractivity contribution in [2.24, 2.45) is 0 Å². The third-order valence-corrected chi connectivity index (χ3v) is 4.65. The highest BCUT2D eigenvalue weighted by molar-refractivity contribution is 6.03. The molecule has 1 aromatic carbocycles. The molecule has 5 nitrogen and oxygen atoms in total. The molecule has 25 heavy (non-hydrogen) atoms. The van der Waals surface area contributed by atoms with Crippen LogP contribution in [0.1, 0.15) is 61.5 Å². The lowest BCUT2D eigenvalue weighted by molar-refractivity contribution is 0.102. The zero-order valence-electron chi connectivity index (χ0n) is 15.0. The van der Waals surface area contributed by atoms with Crippen LogP contribution in [0.5, 0.6) is 0 Å². The minimum Gasteiger partial charge on any atom is -0.357 e. The predicted octanol–water partition coefficient (Wildman–Crippen LogP) is 4.23. The molecular weight excluding hydrogens is 312 g/mol. The molecule has 1 aliphatic rings. The Balaban J connectivity index is 1.70. The van der Waals surface area contributed by atoms with Gasteiger partial charge in [-0.1, -0.05) is 38.8 Å². The molecule has 0 unspecified atom stereocenters.